The Labute approximate surface area is 197 Å². The highest BCUT2D eigenvalue weighted by Gasteiger charge is 2.11. The molecule has 0 saturated carbocycles. The molecule has 166 valence electrons. The van der Waals surface area contributed by atoms with E-state index in [4.69, 9.17) is 16.3 Å². The zero-order valence-corrected chi connectivity index (χ0v) is 18.7. The summed E-state index contributed by atoms with van der Waals surface area (Å²) in [5.74, 6) is -0.478. The lowest BCUT2D eigenvalue weighted by atomic mass is 10.1. The molecule has 0 heterocycles. The average Bonchev–Trinajstić information content (AvgIpc) is 2.81. The third-order valence-corrected chi connectivity index (χ3v) is 4.88. The third kappa shape index (κ3) is 7.23. The van der Waals surface area contributed by atoms with Crippen LogP contribution in [0.3, 0.4) is 0 Å². The van der Waals surface area contributed by atoms with Crippen LogP contribution in [0.5, 0.6) is 5.75 Å². The van der Waals surface area contributed by atoms with Crippen LogP contribution in [0.2, 0.25) is 5.02 Å². The van der Waals surface area contributed by atoms with Gasteiger partial charge in [0.1, 0.15) is 17.4 Å². The number of hydrogen-bond donors (Lipinski definition) is 2. The highest BCUT2D eigenvalue weighted by atomic mass is 35.5. The Hall–Kier alpha value is -4.08. The topological polar surface area (TPSA) is 91.2 Å². The van der Waals surface area contributed by atoms with Crippen molar-refractivity contribution in [1.82, 2.24) is 5.32 Å². The summed E-state index contributed by atoms with van der Waals surface area (Å²) in [4.78, 5) is 24.5. The minimum absolute atomic E-state index is 0.0480. The number of anilines is 1. The second-order valence-corrected chi connectivity index (χ2v) is 7.64. The smallest absolute Gasteiger partial charge is 0.262 e. The van der Waals surface area contributed by atoms with Gasteiger partial charge in [-0.15, -0.1) is 0 Å². The van der Waals surface area contributed by atoms with E-state index in [0.29, 0.717) is 23.5 Å². The molecule has 0 aliphatic heterocycles. The lowest BCUT2D eigenvalue weighted by Crippen LogP contribution is -2.23. The quantitative estimate of drug-likeness (QED) is 0.370. The number of aryl methyl sites for hydroxylation is 1. The molecule has 3 rings (SSSR count). The summed E-state index contributed by atoms with van der Waals surface area (Å²) >= 11 is 6.27. The predicted octanol–water partition coefficient (Wildman–Crippen LogP) is 4.89. The number of halogens is 1. The van der Waals surface area contributed by atoms with Gasteiger partial charge >= 0.3 is 0 Å². The van der Waals surface area contributed by atoms with E-state index in [0.717, 1.165) is 11.1 Å². The van der Waals surface area contributed by atoms with Gasteiger partial charge in [0.2, 0.25) is 0 Å². The van der Waals surface area contributed by atoms with E-state index in [1.807, 2.05) is 61.5 Å². The molecular weight excluding hydrogens is 438 g/mol. The monoisotopic (exact) mass is 459 g/mol. The number of hydrogen-bond acceptors (Lipinski definition) is 4. The SMILES string of the molecule is Cc1cccc(NC(=O)COc2ccc(/C=C(\C#N)C(=O)NCc3ccccc3)cc2Cl)c1. The van der Waals surface area contributed by atoms with Crippen LogP contribution in [0.1, 0.15) is 16.7 Å². The Morgan fingerprint density at radius 3 is 2.55 bits per heavy atom. The van der Waals surface area contributed by atoms with Crippen LogP contribution in [0, 0.1) is 18.3 Å². The molecule has 0 radical (unpaired) electrons. The Bertz CT molecular complexity index is 1220. The molecule has 0 fully saturated rings. The normalized spacial score (nSPS) is 10.8. The maximum Gasteiger partial charge on any atom is 0.262 e. The van der Waals surface area contributed by atoms with Gasteiger partial charge in [0.15, 0.2) is 6.61 Å². The number of ether oxygens (including phenoxy) is 1. The van der Waals surface area contributed by atoms with E-state index in [1.165, 1.54) is 6.08 Å². The van der Waals surface area contributed by atoms with Gasteiger partial charge in [-0.2, -0.15) is 5.26 Å². The number of nitriles is 1. The first-order valence-electron chi connectivity index (χ1n) is 10.2. The van der Waals surface area contributed by atoms with Gasteiger partial charge in [0.05, 0.1) is 5.02 Å². The van der Waals surface area contributed by atoms with Crippen LogP contribution in [-0.4, -0.2) is 18.4 Å². The standard InChI is InChI=1S/C26H22ClN3O3/c1-18-6-5-9-22(12-18)30-25(31)17-33-24-11-10-20(14-23(24)27)13-21(15-28)26(32)29-16-19-7-3-2-4-8-19/h2-14H,16-17H2,1H3,(H,29,32)(H,30,31)/b21-13+. The molecule has 0 saturated heterocycles. The predicted molar refractivity (Wildman–Crippen MR) is 129 cm³/mol. The van der Waals surface area contributed by atoms with Gasteiger partial charge in [0.25, 0.3) is 11.8 Å². The van der Waals surface area contributed by atoms with Gasteiger partial charge in [0, 0.05) is 12.2 Å². The first kappa shape index (κ1) is 23.6. The largest absolute Gasteiger partial charge is 0.482 e. The number of rotatable bonds is 8. The fourth-order valence-corrected chi connectivity index (χ4v) is 3.22. The Morgan fingerprint density at radius 1 is 1.06 bits per heavy atom. The molecule has 3 aromatic rings. The van der Waals surface area contributed by atoms with Gasteiger partial charge in [-0.1, -0.05) is 60.1 Å². The van der Waals surface area contributed by atoms with Crippen molar-refractivity contribution in [3.8, 4) is 11.8 Å². The molecule has 6 nitrogen and oxygen atoms in total. The first-order valence-corrected chi connectivity index (χ1v) is 10.5. The molecule has 0 aromatic heterocycles. The van der Waals surface area contributed by atoms with Crippen molar-refractivity contribution in [1.29, 1.82) is 5.26 Å². The van der Waals surface area contributed by atoms with Crippen LogP contribution < -0.4 is 15.4 Å². The van der Waals surface area contributed by atoms with E-state index in [2.05, 4.69) is 10.6 Å². The Kier molecular flexibility index (Phi) is 8.23. The Morgan fingerprint density at radius 2 is 1.85 bits per heavy atom. The number of carbonyl (C=O) groups is 2. The number of nitrogens with one attached hydrogen (secondary N) is 2. The molecule has 0 spiro atoms. The summed E-state index contributed by atoms with van der Waals surface area (Å²) in [6.45, 7) is 2.04. The van der Waals surface area contributed by atoms with E-state index in [1.54, 1.807) is 24.3 Å². The molecule has 2 amide bonds. The molecule has 0 aliphatic rings. The lowest BCUT2D eigenvalue weighted by Gasteiger charge is -2.10. The average molecular weight is 460 g/mol. The van der Waals surface area contributed by atoms with Crippen LogP contribution >= 0.6 is 11.6 Å². The summed E-state index contributed by atoms with van der Waals surface area (Å²) in [5, 5.41) is 15.1. The number of carbonyl (C=O) groups excluding carboxylic acids is 2. The van der Waals surface area contributed by atoms with Gasteiger partial charge in [-0.05, 0) is 54.0 Å². The first-order chi connectivity index (χ1) is 15.9. The van der Waals surface area contributed by atoms with Crippen molar-refractivity contribution in [2.75, 3.05) is 11.9 Å². The molecule has 3 aromatic carbocycles. The Balaban J connectivity index is 1.59. The summed E-state index contributed by atoms with van der Waals surface area (Å²) < 4.78 is 5.51. The van der Waals surface area contributed by atoms with Crippen molar-refractivity contribution in [2.24, 2.45) is 0 Å². The summed E-state index contributed by atoms with van der Waals surface area (Å²) in [6, 6.07) is 23.6. The fraction of sp³-hybridized carbons (Fsp3) is 0.115. The summed E-state index contributed by atoms with van der Waals surface area (Å²) in [5.41, 5.74) is 3.16. The molecule has 0 atom stereocenters. The van der Waals surface area contributed by atoms with Gasteiger partial charge in [-0.3, -0.25) is 9.59 Å². The molecule has 7 heteroatoms. The van der Waals surface area contributed by atoms with Crippen LogP contribution in [0.25, 0.3) is 6.08 Å². The highest BCUT2D eigenvalue weighted by Crippen LogP contribution is 2.26. The van der Waals surface area contributed by atoms with Crippen LogP contribution in [-0.2, 0) is 16.1 Å². The number of nitrogens with zero attached hydrogens (tertiary/aromatic N) is 1. The van der Waals surface area contributed by atoms with Gasteiger partial charge < -0.3 is 15.4 Å². The van der Waals surface area contributed by atoms with Crippen molar-refractivity contribution in [3.05, 3.63) is 100 Å². The van der Waals surface area contributed by atoms with E-state index in [-0.39, 0.29) is 23.1 Å². The highest BCUT2D eigenvalue weighted by molar-refractivity contribution is 6.32. The second kappa shape index (κ2) is 11.5. The molecule has 0 aliphatic carbocycles. The van der Waals surface area contributed by atoms with E-state index >= 15 is 0 Å². The number of amides is 2. The number of benzene rings is 3. The molecule has 0 bridgehead atoms. The third-order valence-electron chi connectivity index (χ3n) is 4.59. The van der Waals surface area contributed by atoms with Crippen LogP contribution in [0.4, 0.5) is 5.69 Å². The van der Waals surface area contributed by atoms with Crippen molar-refractivity contribution in [2.45, 2.75) is 13.5 Å². The maximum atomic E-state index is 12.3. The molecular formula is C26H22ClN3O3. The lowest BCUT2D eigenvalue weighted by molar-refractivity contribution is -0.118. The van der Waals surface area contributed by atoms with Crippen molar-refractivity contribution in [3.63, 3.8) is 0 Å². The molecule has 33 heavy (non-hydrogen) atoms. The van der Waals surface area contributed by atoms with Crippen molar-refractivity contribution < 1.29 is 14.3 Å². The van der Waals surface area contributed by atoms with Crippen molar-refractivity contribution >= 4 is 35.2 Å². The summed E-state index contributed by atoms with van der Waals surface area (Å²) in [6.07, 6.45) is 1.44. The molecule has 2 N–H and O–H groups in total. The van der Waals surface area contributed by atoms with Crippen LogP contribution in [0.15, 0.2) is 78.4 Å². The zero-order chi connectivity index (χ0) is 23.6. The summed E-state index contributed by atoms with van der Waals surface area (Å²) in [7, 11) is 0. The molecule has 0 unspecified atom stereocenters. The zero-order valence-electron chi connectivity index (χ0n) is 18.0. The minimum Gasteiger partial charge on any atom is -0.482 e. The second-order valence-electron chi connectivity index (χ2n) is 7.23. The van der Waals surface area contributed by atoms with E-state index < -0.39 is 5.91 Å². The minimum atomic E-state index is -0.481. The van der Waals surface area contributed by atoms with Gasteiger partial charge in [-0.25, -0.2) is 0 Å². The van der Waals surface area contributed by atoms with E-state index in [9.17, 15) is 14.9 Å². The fourth-order valence-electron chi connectivity index (χ4n) is 2.98. The maximum absolute atomic E-state index is 12.3.